The van der Waals surface area contributed by atoms with Gasteiger partial charge in [0.2, 0.25) is 5.91 Å². The van der Waals surface area contributed by atoms with Crippen LogP contribution in [-0.4, -0.2) is 36.0 Å². The van der Waals surface area contributed by atoms with E-state index in [1.165, 1.54) is 0 Å². The fraction of sp³-hybridized carbons (Fsp3) is 0.0385. The lowest BCUT2D eigenvalue weighted by molar-refractivity contribution is -0.115. The molecule has 0 bridgehead atoms. The molecule has 0 aliphatic rings. The molecule has 5 aromatic heterocycles. The number of fused-ring (bicyclic) bond motifs is 2. The van der Waals surface area contributed by atoms with Crippen molar-refractivity contribution in [3.05, 3.63) is 91.0 Å². The van der Waals surface area contributed by atoms with Crippen molar-refractivity contribution < 1.29 is 4.79 Å². The number of benzene rings is 1. The van der Waals surface area contributed by atoms with Crippen molar-refractivity contribution in [3.63, 3.8) is 0 Å². The summed E-state index contributed by atoms with van der Waals surface area (Å²) in [5, 5.41) is 12.3. The highest BCUT2D eigenvalue weighted by atomic mass is 16.1. The number of aromatic nitrogens is 6. The van der Waals surface area contributed by atoms with Crippen molar-refractivity contribution in [1.29, 1.82) is 0 Å². The van der Waals surface area contributed by atoms with Gasteiger partial charge in [0, 0.05) is 40.5 Å². The highest BCUT2D eigenvalue weighted by molar-refractivity contribution is 5.96. The van der Waals surface area contributed by atoms with Gasteiger partial charge < -0.3 is 10.3 Å². The van der Waals surface area contributed by atoms with Crippen LogP contribution in [0.4, 0.5) is 5.69 Å². The molecule has 6 aromatic rings. The molecular formula is C26H19N7O. The number of carbonyl (C=O) groups is 1. The first kappa shape index (κ1) is 19.8. The summed E-state index contributed by atoms with van der Waals surface area (Å²) in [6.07, 6.45) is 7.20. The summed E-state index contributed by atoms with van der Waals surface area (Å²) in [5.74, 6) is -0.0942. The Morgan fingerprint density at radius 2 is 1.79 bits per heavy atom. The number of nitrogens with zero attached hydrogens (tertiary/aromatic N) is 4. The van der Waals surface area contributed by atoms with Gasteiger partial charge in [-0.3, -0.25) is 14.9 Å². The van der Waals surface area contributed by atoms with Crippen molar-refractivity contribution in [3.8, 4) is 22.5 Å². The smallest absolute Gasteiger partial charge is 0.228 e. The molecule has 8 heteroatoms. The van der Waals surface area contributed by atoms with E-state index in [-0.39, 0.29) is 5.91 Å². The third kappa shape index (κ3) is 3.77. The van der Waals surface area contributed by atoms with E-state index < -0.39 is 0 Å². The molecule has 0 saturated heterocycles. The fourth-order valence-electron chi connectivity index (χ4n) is 4.01. The van der Waals surface area contributed by atoms with E-state index in [2.05, 4.69) is 35.5 Å². The summed E-state index contributed by atoms with van der Waals surface area (Å²) >= 11 is 0. The van der Waals surface area contributed by atoms with Gasteiger partial charge in [-0.25, -0.2) is 9.97 Å². The van der Waals surface area contributed by atoms with Crippen LogP contribution in [0.25, 0.3) is 44.6 Å². The van der Waals surface area contributed by atoms with E-state index in [9.17, 15) is 4.79 Å². The van der Waals surface area contributed by atoms with Crippen molar-refractivity contribution >= 4 is 33.7 Å². The second kappa shape index (κ2) is 8.25. The van der Waals surface area contributed by atoms with Gasteiger partial charge >= 0.3 is 0 Å². The maximum Gasteiger partial charge on any atom is 0.228 e. The van der Waals surface area contributed by atoms with Crippen LogP contribution in [0.1, 0.15) is 5.56 Å². The monoisotopic (exact) mass is 445 g/mol. The maximum atomic E-state index is 12.5. The van der Waals surface area contributed by atoms with Crippen LogP contribution in [0.15, 0.2) is 85.5 Å². The average Bonchev–Trinajstić information content (AvgIpc) is 3.48. The molecule has 5 heterocycles. The van der Waals surface area contributed by atoms with Gasteiger partial charge in [0.05, 0.1) is 29.7 Å². The standard InChI is InChI=1S/C26H19N7O/c34-23(9-16-5-2-1-3-6-16)30-20-10-18(13-27-15-20)19-11-21-24(32-33-26(21)29-14-19)22-12-17-7-4-8-28-25(17)31-22/h1-8,10-15H,9H2,(H,28,31)(H,30,34)(H,29,32,33). The van der Waals surface area contributed by atoms with Gasteiger partial charge in [0.15, 0.2) is 5.65 Å². The van der Waals surface area contributed by atoms with E-state index in [4.69, 9.17) is 0 Å². The van der Waals surface area contributed by atoms with Crippen LogP contribution in [0.3, 0.4) is 0 Å². The van der Waals surface area contributed by atoms with E-state index in [1.807, 2.05) is 60.7 Å². The van der Waals surface area contributed by atoms with Crippen molar-refractivity contribution in [2.45, 2.75) is 6.42 Å². The number of nitrogens with one attached hydrogen (secondary N) is 3. The third-order valence-corrected chi connectivity index (χ3v) is 5.63. The van der Waals surface area contributed by atoms with Crippen molar-refractivity contribution in [1.82, 2.24) is 30.1 Å². The molecule has 0 atom stereocenters. The number of H-pyrrole nitrogens is 2. The van der Waals surface area contributed by atoms with Gasteiger partial charge in [0.1, 0.15) is 5.65 Å². The van der Waals surface area contributed by atoms with Crippen LogP contribution in [-0.2, 0) is 11.2 Å². The van der Waals surface area contributed by atoms with Gasteiger partial charge in [-0.2, -0.15) is 5.10 Å². The summed E-state index contributed by atoms with van der Waals surface area (Å²) in [6.45, 7) is 0. The Morgan fingerprint density at radius 3 is 2.68 bits per heavy atom. The molecule has 0 fully saturated rings. The molecule has 0 aliphatic carbocycles. The lowest BCUT2D eigenvalue weighted by Gasteiger charge is -2.07. The molecule has 164 valence electrons. The normalized spacial score (nSPS) is 11.2. The Balaban J connectivity index is 1.30. The molecule has 0 spiro atoms. The molecule has 6 rings (SSSR count). The second-order valence-electron chi connectivity index (χ2n) is 7.99. The lowest BCUT2D eigenvalue weighted by Crippen LogP contribution is -2.14. The molecule has 1 aromatic carbocycles. The minimum atomic E-state index is -0.0942. The first-order valence-electron chi connectivity index (χ1n) is 10.8. The molecule has 1 amide bonds. The summed E-state index contributed by atoms with van der Waals surface area (Å²) in [4.78, 5) is 29.0. The Bertz CT molecular complexity index is 1600. The second-order valence-corrected chi connectivity index (χ2v) is 7.99. The van der Waals surface area contributed by atoms with Gasteiger partial charge in [0.25, 0.3) is 0 Å². The number of amides is 1. The summed E-state index contributed by atoms with van der Waals surface area (Å²) in [6, 6.07) is 19.5. The van der Waals surface area contributed by atoms with E-state index in [1.54, 1.807) is 24.8 Å². The first-order valence-corrected chi connectivity index (χ1v) is 10.8. The molecule has 0 radical (unpaired) electrons. The van der Waals surface area contributed by atoms with E-state index in [0.29, 0.717) is 17.8 Å². The Morgan fingerprint density at radius 1 is 0.912 bits per heavy atom. The van der Waals surface area contributed by atoms with Crippen LogP contribution in [0.2, 0.25) is 0 Å². The average molecular weight is 445 g/mol. The Hall–Kier alpha value is -4.85. The maximum absolute atomic E-state index is 12.5. The largest absolute Gasteiger partial charge is 0.338 e. The fourth-order valence-corrected chi connectivity index (χ4v) is 4.01. The molecule has 0 unspecified atom stereocenters. The summed E-state index contributed by atoms with van der Waals surface area (Å²) in [5.41, 5.74) is 6.45. The quantitative estimate of drug-likeness (QED) is 0.355. The lowest BCUT2D eigenvalue weighted by atomic mass is 10.1. The predicted molar refractivity (Wildman–Crippen MR) is 131 cm³/mol. The zero-order valence-corrected chi connectivity index (χ0v) is 18.0. The minimum Gasteiger partial charge on any atom is -0.338 e. The number of aromatic amines is 2. The summed E-state index contributed by atoms with van der Waals surface area (Å²) < 4.78 is 0. The Labute approximate surface area is 194 Å². The van der Waals surface area contributed by atoms with Crippen LogP contribution in [0, 0.1) is 0 Å². The van der Waals surface area contributed by atoms with Gasteiger partial charge in [-0.05, 0) is 35.9 Å². The number of hydrogen-bond donors (Lipinski definition) is 3. The number of carbonyl (C=O) groups excluding carboxylic acids is 1. The first-order chi connectivity index (χ1) is 16.7. The van der Waals surface area contributed by atoms with Crippen molar-refractivity contribution in [2.75, 3.05) is 5.32 Å². The minimum absolute atomic E-state index is 0.0942. The molecule has 8 nitrogen and oxygen atoms in total. The van der Waals surface area contributed by atoms with Gasteiger partial charge in [-0.1, -0.05) is 30.3 Å². The molecular weight excluding hydrogens is 426 g/mol. The SMILES string of the molecule is O=C(Cc1ccccc1)Nc1cncc(-c2cnc3n[nH]c(-c4cc5cccnc5[nH]4)c3c2)c1. The zero-order chi connectivity index (χ0) is 22.9. The van der Waals surface area contributed by atoms with Crippen molar-refractivity contribution in [2.24, 2.45) is 0 Å². The molecule has 0 aliphatic heterocycles. The zero-order valence-electron chi connectivity index (χ0n) is 18.0. The Kier molecular flexibility index (Phi) is 4.81. The third-order valence-electron chi connectivity index (χ3n) is 5.63. The molecule has 3 N–H and O–H groups in total. The highest BCUT2D eigenvalue weighted by Gasteiger charge is 2.14. The number of hydrogen-bond acceptors (Lipinski definition) is 5. The topological polar surface area (TPSA) is 112 Å². The van der Waals surface area contributed by atoms with Gasteiger partial charge in [-0.15, -0.1) is 0 Å². The van der Waals surface area contributed by atoms with E-state index >= 15 is 0 Å². The van der Waals surface area contributed by atoms with Crippen LogP contribution in [0.5, 0.6) is 0 Å². The predicted octanol–water partition coefficient (Wildman–Crippen LogP) is 4.74. The highest BCUT2D eigenvalue weighted by Crippen LogP contribution is 2.30. The van der Waals surface area contributed by atoms with Crippen LogP contribution >= 0.6 is 0 Å². The number of rotatable bonds is 5. The molecule has 34 heavy (non-hydrogen) atoms. The number of pyridine rings is 3. The van der Waals surface area contributed by atoms with E-state index in [0.717, 1.165) is 44.5 Å². The molecule has 0 saturated carbocycles. The summed E-state index contributed by atoms with van der Waals surface area (Å²) in [7, 11) is 0. The van der Waals surface area contributed by atoms with Crippen LogP contribution < -0.4 is 5.32 Å². The number of anilines is 1.